The summed E-state index contributed by atoms with van der Waals surface area (Å²) in [7, 11) is 0. The van der Waals surface area contributed by atoms with E-state index in [1.807, 2.05) is 48.5 Å². The summed E-state index contributed by atoms with van der Waals surface area (Å²) in [6, 6.07) is 15.5. The molecule has 1 aliphatic rings. The van der Waals surface area contributed by atoms with E-state index in [-0.39, 0.29) is 42.8 Å². The highest BCUT2D eigenvalue weighted by atomic mass is 35.5. The average molecular weight is 384 g/mol. The first-order valence-corrected chi connectivity index (χ1v) is 7.89. The largest absolute Gasteiger partial charge is 0.378 e. The fourth-order valence-electron chi connectivity index (χ4n) is 2.71. The van der Waals surface area contributed by atoms with Gasteiger partial charge in [-0.05, 0) is 17.7 Å². The second-order valence-corrected chi connectivity index (χ2v) is 5.60. The molecule has 2 N–H and O–H groups in total. The van der Waals surface area contributed by atoms with E-state index in [1.54, 1.807) is 6.20 Å². The number of morpholine rings is 1. The molecule has 2 heterocycles. The van der Waals surface area contributed by atoms with Gasteiger partial charge in [0, 0.05) is 25.2 Å². The molecule has 0 spiro atoms. The maximum atomic E-state index is 12.4. The van der Waals surface area contributed by atoms with Crippen molar-refractivity contribution in [3.8, 4) is 0 Å². The topological polar surface area (TPSA) is 63.2 Å². The number of rotatable bonds is 5. The fourth-order valence-corrected chi connectivity index (χ4v) is 2.71. The molecular formula is C18H23Cl2N3O2. The second kappa shape index (κ2) is 11.1. The number of aromatic nitrogens is 1. The Morgan fingerprint density at radius 3 is 2.60 bits per heavy atom. The van der Waals surface area contributed by atoms with Crippen LogP contribution in [0.2, 0.25) is 0 Å². The van der Waals surface area contributed by atoms with Gasteiger partial charge < -0.3 is 15.4 Å². The molecular weight excluding hydrogens is 361 g/mol. The molecule has 2 unspecified atom stereocenters. The Bertz CT molecular complexity index is 583. The minimum atomic E-state index is -0.241. The van der Waals surface area contributed by atoms with Crippen LogP contribution >= 0.6 is 24.8 Å². The van der Waals surface area contributed by atoms with Gasteiger partial charge in [-0.25, -0.2) is 0 Å². The molecule has 1 aliphatic heterocycles. The van der Waals surface area contributed by atoms with Gasteiger partial charge in [0.25, 0.3) is 0 Å². The summed E-state index contributed by atoms with van der Waals surface area (Å²) in [5.74, 6) is -0.00694. The van der Waals surface area contributed by atoms with Crippen LogP contribution in [0.25, 0.3) is 0 Å². The molecule has 1 saturated heterocycles. The zero-order valence-corrected chi connectivity index (χ0v) is 15.4. The third-order valence-electron chi connectivity index (χ3n) is 3.85. The maximum absolute atomic E-state index is 12.4. The lowest BCUT2D eigenvalue weighted by Crippen LogP contribution is -2.44. The number of nitrogens with zero attached hydrogens (tertiary/aromatic N) is 1. The molecule has 0 aliphatic carbocycles. The van der Waals surface area contributed by atoms with Crippen LogP contribution in [-0.4, -0.2) is 36.7 Å². The van der Waals surface area contributed by atoms with Gasteiger partial charge in [0.1, 0.15) is 0 Å². The van der Waals surface area contributed by atoms with Gasteiger partial charge in [0.2, 0.25) is 5.91 Å². The first kappa shape index (κ1) is 21.4. The van der Waals surface area contributed by atoms with E-state index in [2.05, 4.69) is 15.6 Å². The van der Waals surface area contributed by atoms with Crippen LogP contribution in [0.4, 0.5) is 0 Å². The lowest BCUT2D eigenvalue weighted by Gasteiger charge is -2.25. The Kier molecular flexibility index (Phi) is 9.45. The summed E-state index contributed by atoms with van der Waals surface area (Å²) in [4.78, 5) is 16.8. The lowest BCUT2D eigenvalue weighted by atomic mass is 10.0. The average Bonchev–Trinajstić information content (AvgIpc) is 2.62. The summed E-state index contributed by atoms with van der Waals surface area (Å²) in [5, 5.41) is 6.40. The van der Waals surface area contributed by atoms with Gasteiger partial charge in [-0.1, -0.05) is 36.4 Å². The number of carbonyl (C=O) groups is 1. The number of nitrogens with one attached hydrogen (secondary N) is 2. The van der Waals surface area contributed by atoms with Crippen molar-refractivity contribution in [2.75, 3.05) is 19.8 Å². The van der Waals surface area contributed by atoms with Gasteiger partial charge in [-0.2, -0.15) is 0 Å². The van der Waals surface area contributed by atoms with Crippen LogP contribution < -0.4 is 10.6 Å². The highest BCUT2D eigenvalue weighted by molar-refractivity contribution is 5.85. The van der Waals surface area contributed by atoms with Crippen molar-refractivity contribution >= 4 is 30.7 Å². The van der Waals surface area contributed by atoms with E-state index < -0.39 is 0 Å². The first-order valence-electron chi connectivity index (χ1n) is 7.89. The van der Waals surface area contributed by atoms with Crippen molar-refractivity contribution in [1.82, 2.24) is 15.6 Å². The quantitative estimate of drug-likeness (QED) is 0.832. The van der Waals surface area contributed by atoms with Crippen molar-refractivity contribution < 1.29 is 9.53 Å². The summed E-state index contributed by atoms with van der Waals surface area (Å²) < 4.78 is 5.40. The number of halogens is 2. The summed E-state index contributed by atoms with van der Waals surface area (Å²) in [6.45, 7) is 2.08. The highest BCUT2D eigenvalue weighted by Gasteiger charge is 2.21. The number of carbonyl (C=O) groups excluding carboxylic acids is 1. The predicted molar refractivity (Wildman–Crippen MR) is 102 cm³/mol. The van der Waals surface area contributed by atoms with Gasteiger partial charge in [0.15, 0.2) is 0 Å². The molecule has 5 nitrogen and oxygen atoms in total. The Morgan fingerprint density at radius 1 is 1.20 bits per heavy atom. The molecule has 0 bridgehead atoms. The molecule has 7 heteroatoms. The number of amides is 1. The monoisotopic (exact) mass is 383 g/mol. The molecule has 3 rings (SSSR count). The molecule has 25 heavy (non-hydrogen) atoms. The van der Waals surface area contributed by atoms with Gasteiger partial charge in [-0.3, -0.25) is 9.78 Å². The minimum Gasteiger partial charge on any atom is -0.378 e. The molecule has 1 fully saturated rings. The number of pyridine rings is 1. The highest BCUT2D eigenvalue weighted by Crippen LogP contribution is 2.20. The predicted octanol–water partition coefficient (Wildman–Crippen LogP) is 2.51. The van der Waals surface area contributed by atoms with Crippen molar-refractivity contribution in [3.05, 3.63) is 66.0 Å². The third-order valence-corrected chi connectivity index (χ3v) is 3.85. The van der Waals surface area contributed by atoms with Crippen LogP contribution in [-0.2, 0) is 9.53 Å². The van der Waals surface area contributed by atoms with E-state index in [0.29, 0.717) is 19.6 Å². The van der Waals surface area contributed by atoms with E-state index in [9.17, 15) is 4.79 Å². The molecule has 1 amide bonds. The Balaban J connectivity index is 0.00000156. The van der Waals surface area contributed by atoms with Gasteiger partial charge in [0.05, 0.1) is 24.9 Å². The molecule has 2 atom stereocenters. The van der Waals surface area contributed by atoms with E-state index in [0.717, 1.165) is 17.8 Å². The van der Waals surface area contributed by atoms with Crippen LogP contribution in [0.5, 0.6) is 0 Å². The molecule has 1 aromatic heterocycles. The Labute approximate surface area is 160 Å². The van der Waals surface area contributed by atoms with Crippen molar-refractivity contribution in [2.45, 2.75) is 18.5 Å². The summed E-state index contributed by atoms with van der Waals surface area (Å²) >= 11 is 0. The van der Waals surface area contributed by atoms with E-state index in [1.165, 1.54) is 0 Å². The molecule has 0 radical (unpaired) electrons. The van der Waals surface area contributed by atoms with Gasteiger partial charge >= 0.3 is 0 Å². The van der Waals surface area contributed by atoms with Crippen LogP contribution in [0.3, 0.4) is 0 Å². The van der Waals surface area contributed by atoms with Crippen molar-refractivity contribution in [1.29, 1.82) is 0 Å². The Hall–Kier alpha value is -1.66. The summed E-state index contributed by atoms with van der Waals surface area (Å²) in [6.07, 6.45) is 2.14. The SMILES string of the molecule is Cl.Cl.O=C(CC1COCCN1)NC(c1ccccc1)c1ccccn1. The fraction of sp³-hybridized carbons (Fsp3) is 0.333. The second-order valence-electron chi connectivity index (χ2n) is 5.60. The summed E-state index contributed by atoms with van der Waals surface area (Å²) in [5.41, 5.74) is 1.85. The molecule has 2 aromatic rings. The minimum absolute atomic E-state index is 0. The standard InChI is InChI=1S/C18H21N3O2.2ClH/c22-17(12-15-13-23-11-10-19-15)21-18(14-6-2-1-3-7-14)16-8-4-5-9-20-16;;/h1-9,15,18-19H,10-13H2,(H,21,22);2*1H. The zero-order chi connectivity index (χ0) is 15.9. The van der Waals surface area contributed by atoms with Crippen LogP contribution in [0.15, 0.2) is 54.7 Å². The lowest BCUT2D eigenvalue weighted by molar-refractivity contribution is -0.122. The number of benzene rings is 1. The molecule has 136 valence electrons. The van der Waals surface area contributed by atoms with Crippen LogP contribution in [0, 0.1) is 0 Å². The van der Waals surface area contributed by atoms with Crippen molar-refractivity contribution in [2.24, 2.45) is 0 Å². The van der Waals surface area contributed by atoms with Gasteiger partial charge in [-0.15, -0.1) is 24.8 Å². The molecule has 0 saturated carbocycles. The van der Waals surface area contributed by atoms with Crippen molar-refractivity contribution in [3.63, 3.8) is 0 Å². The smallest absolute Gasteiger partial charge is 0.222 e. The van der Waals surface area contributed by atoms with Crippen LogP contribution in [0.1, 0.15) is 23.7 Å². The first-order chi connectivity index (χ1) is 11.3. The third kappa shape index (κ3) is 6.29. The van der Waals surface area contributed by atoms with E-state index in [4.69, 9.17) is 4.74 Å². The number of hydrogen-bond acceptors (Lipinski definition) is 4. The normalized spacial score (nSPS) is 17.5. The number of ether oxygens (including phenoxy) is 1. The number of hydrogen-bond donors (Lipinski definition) is 2. The molecule has 1 aromatic carbocycles. The zero-order valence-electron chi connectivity index (χ0n) is 13.8. The van der Waals surface area contributed by atoms with E-state index >= 15 is 0 Å². The maximum Gasteiger partial charge on any atom is 0.222 e. The Morgan fingerprint density at radius 2 is 1.96 bits per heavy atom.